The number of ketones is 1. The third-order valence-corrected chi connectivity index (χ3v) is 3.75. The summed E-state index contributed by atoms with van der Waals surface area (Å²) in [6.07, 6.45) is 0. The van der Waals surface area contributed by atoms with Crippen LogP contribution in [0.1, 0.15) is 17.3 Å². The average Bonchev–Trinajstić information content (AvgIpc) is 2.47. The first kappa shape index (κ1) is 15.5. The molecule has 0 amide bonds. The van der Waals surface area contributed by atoms with Crippen molar-refractivity contribution in [2.45, 2.75) is 11.8 Å². The van der Waals surface area contributed by atoms with Gasteiger partial charge in [-0.15, -0.1) is 11.8 Å². The summed E-state index contributed by atoms with van der Waals surface area (Å²) in [7, 11) is 0. The molecule has 0 aromatic heterocycles. The molecule has 0 atom stereocenters. The van der Waals surface area contributed by atoms with Crippen LogP contribution in [0.15, 0.2) is 47.4 Å². The number of ether oxygens (including phenoxy) is 1. The van der Waals surface area contributed by atoms with Crippen molar-refractivity contribution in [3.05, 3.63) is 59.7 Å². The molecule has 0 unspecified atom stereocenters. The normalized spacial score (nSPS) is 10.4. The fraction of sp³-hybridized carbons (Fsp3) is 0.188. The summed E-state index contributed by atoms with van der Waals surface area (Å²) in [4.78, 5) is 11.7. The van der Waals surface area contributed by atoms with Crippen LogP contribution in [-0.2, 0) is 0 Å². The smallest absolute Gasteiger partial charge is 0.163 e. The summed E-state index contributed by atoms with van der Waals surface area (Å²) in [5, 5.41) is 0. The first-order valence-electron chi connectivity index (χ1n) is 6.38. The average molecular weight is 308 g/mol. The highest BCUT2D eigenvalue weighted by atomic mass is 32.2. The number of carbonyl (C=O) groups excluding carboxylic acids is 1. The van der Waals surface area contributed by atoms with Gasteiger partial charge in [0.1, 0.15) is 17.4 Å². The molecule has 0 saturated carbocycles. The van der Waals surface area contributed by atoms with Crippen molar-refractivity contribution in [3.63, 3.8) is 0 Å². The van der Waals surface area contributed by atoms with Gasteiger partial charge in [0.15, 0.2) is 5.78 Å². The molecule has 0 heterocycles. The summed E-state index contributed by atoms with van der Waals surface area (Å²) in [6, 6.07) is 10.3. The molecule has 0 radical (unpaired) electrons. The van der Waals surface area contributed by atoms with Crippen LogP contribution in [0, 0.1) is 11.6 Å². The maximum atomic E-state index is 13.4. The van der Waals surface area contributed by atoms with Crippen molar-refractivity contribution < 1.29 is 18.3 Å². The minimum absolute atomic E-state index is 0.0746. The second-order valence-corrected chi connectivity index (χ2v) is 5.46. The van der Waals surface area contributed by atoms with E-state index in [9.17, 15) is 13.6 Å². The van der Waals surface area contributed by atoms with Gasteiger partial charge in [-0.25, -0.2) is 8.78 Å². The Morgan fingerprint density at radius 2 is 1.95 bits per heavy atom. The minimum atomic E-state index is -0.471. The first-order valence-corrected chi connectivity index (χ1v) is 7.37. The molecule has 5 heteroatoms. The van der Waals surface area contributed by atoms with Crippen LogP contribution < -0.4 is 4.74 Å². The van der Waals surface area contributed by atoms with E-state index in [0.717, 1.165) is 18.2 Å². The Kier molecular flexibility index (Phi) is 5.33. The van der Waals surface area contributed by atoms with Crippen molar-refractivity contribution in [1.29, 1.82) is 0 Å². The van der Waals surface area contributed by atoms with Crippen molar-refractivity contribution in [1.82, 2.24) is 0 Å². The molecule has 2 rings (SSSR count). The standard InChI is InChI=1S/C16H14F2O2S/c1-11(19)13-4-2-3-5-15(13)20-8-9-21-16-10-12(17)6-7-14(16)18/h2-7,10H,8-9H2,1H3. The van der Waals surface area contributed by atoms with Gasteiger partial charge in [0.2, 0.25) is 0 Å². The van der Waals surface area contributed by atoms with E-state index in [1.165, 1.54) is 18.7 Å². The molecule has 2 aromatic rings. The van der Waals surface area contributed by atoms with Crippen LogP contribution in [0.3, 0.4) is 0 Å². The van der Waals surface area contributed by atoms with Crippen LogP contribution in [-0.4, -0.2) is 18.1 Å². The molecular formula is C16H14F2O2S. The topological polar surface area (TPSA) is 26.3 Å². The maximum Gasteiger partial charge on any atom is 0.163 e. The molecule has 0 aliphatic carbocycles. The zero-order chi connectivity index (χ0) is 15.2. The quantitative estimate of drug-likeness (QED) is 0.451. The lowest BCUT2D eigenvalue weighted by Crippen LogP contribution is -2.04. The molecule has 0 N–H and O–H groups in total. The maximum absolute atomic E-state index is 13.4. The summed E-state index contributed by atoms with van der Waals surface area (Å²) < 4.78 is 32.0. The second-order valence-electron chi connectivity index (χ2n) is 4.32. The number of hydrogen-bond acceptors (Lipinski definition) is 3. The van der Waals surface area contributed by atoms with E-state index in [0.29, 0.717) is 23.7 Å². The molecule has 0 bridgehead atoms. The Morgan fingerprint density at radius 1 is 1.19 bits per heavy atom. The SMILES string of the molecule is CC(=O)c1ccccc1OCCSc1cc(F)ccc1F. The molecule has 110 valence electrons. The number of benzene rings is 2. The van der Waals surface area contributed by atoms with Crippen molar-refractivity contribution in [2.75, 3.05) is 12.4 Å². The molecule has 2 nitrogen and oxygen atoms in total. The zero-order valence-corrected chi connectivity index (χ0v) is 12.3. The minimum Gasteiger partial charge on any atom is -0.492 e. The summed E-state index contributed by atoms with van der Waals surface area (Å²) >= 11 is 1.17. The third-order valence-electron chi connectivity index (χ3n) is 2.76. The van der Waals surface area contributed by atoms with Gasteiger partial charge in [-0.3, -0.25) is 4.79 Å². The van der Waals surface area contributed by atoms with E-state index < -0.39 is 11.6 Å². The van der Waals surface area contributed by atoms with E-state index in [-0.39, 0.29) is 10.7 Å². The number of halogens is 2. The van der Waals surface area contributed by atoms with Gasteiger partial charge >= 0.3 is 0 Å². The van der Waals surface area contributed by atoms with Crippen molar-refractivity contribution in [2.24, 2.45) is 0 Å². The second kappa shape index (κ2) is 7.22. The highest BCUT2D eigenvalue weighted by Gasteiger charge is 2.08. The van der Waals surface area contributed by atoms with Crippen LogP contribution in [0.2, 0.25) is 0 Å². The molecule has 2 aromatic carbocycles. The number of para-hydroxylation sites is 1. The van der Waals surface area contributed by atoms with Gasteiger partial charge < -0.3 is 4.74 Å². The van der Waals surface area contributed by atoms with Crippen LogP contribution in [0.25, 0.3) is 0 Å². The highest BCUT2D eigenvalue weighted by Crippen LogP contribution is 2.23. The predicted octanol–water partition coefficient (Wildman–Crippen LogP) is 4.34. The van der Waals surface area contributed by atoms with Gasteiger partial charge in [0.05, 0.1) is 12.2 Å². The first-order chi connectivity index (χ1) is 10.1. The summed E-state index contributed by atoms with van der Waals surface area (Å²) in [6.45, 7) is 1.77. The molecule has 0 fully saturated rings. The fourth-order valence-corrected chi connectivity index (χ4v) is 2.56. The predicted molar refractivity (Wildman–Crippen MR) is 79.0 cm³/mol. The van der Waals surface area contributed by atoms with Crippen molar-refractivity contribution in [3.8, 4) is 5.75 Å². The number of thioether (sulfide) groups is 1. The Morgan fingerprint density at radius 3 is 2.71 bits per heavy atom. The largest absolute Gasteiger partial charge is 0.492 e. The molecule has 0 aliphatic heterocycles. The fourth-order valence-electron chi connectivity index (χ4n) is 1.77. The van der Waals surface area contributed by atoms with E-state index >= 15 is 0 Å². The van der Waals surface area contributed by atoms with Gasteiger partial charge in [0.25, 0.3) is 0 Å². The van der Waals surface area contributed by atoms with Gasteiger partial charge in [-0.05, 0) is 37.3 Å². The van der Waals surface area contributed by atoms with E-state index in [1.54, 1.807) is 24.3 Å². The van der Waals surface area contributed by atoms with Gasteiger partial charge in [-0.1, -0.05) is 12.1 Å². The number of hydrogen-bond donors (Lipinski definition) is 0. The van der Waals surface area contributed by atoms with E-state index in [2.05, 4.69) is 0 Å². The van der Waals surface area contributed by atoms with E-state index in [1.807, 2.05) is 0 Å². The molecule has 21 heavy (non-hydrogen) atoms. The molecular weight excluding hydrogens is 294 g/mol. The summed E-state index contributed by atoms with van der Waals surface area (Å²) in [5.74, 6) is -0.0425. The molecule has 0 saturated heterocycles. The Bertz CT molecular complexity index is 644. The number of carbonyl (C=O) groups is 1. The molecule has 0 spiro atoms. The highest BCUT2D eigenvalue weighted by molar-refractivity contribution is 7.99. The lowest BCUT2D eigenvalue weighted by molar-refractivity contribution is 0.101. The monoisotopic (exact) mass is 308 g/mol. The van der Waals surface area contributed by atoms with Crippen LogP contribution in [0.4, 0.5) is 8.78 Å². The third kappa shape index (κ3) is 4.29. The van der Waals surface area contributed by atoms with E-state index in [4.69, 9.17) is 4.74 Å². The Labute approximate surface area is 126 Å². The van der Waals surface area contributed by atoms with Gasteiger partial charge in [-0.2, -0.15) is 0 Å². The van der Waals surface area contributed by atoms with Crippen LogP contribution in [0.5, 0.6) is 5.75 Å². The summed E-state index contributed by atoms with van der Waals surface area (Å²) in [5.41, 5.74) is 0.513. The van der Waals surface area contributed by atoms with Crippen molar-refractivity contribution >= 4 is 17.5 Å². The Hall–Kier alpha value is -1.88. The lowest BCUT2D eigenvalue weighted by Gasteiger charge is -2.09. The molecule has 0 aliphatic rings. The lowest BCUT2D eigenvalue weighted by atomic mass is 10.1. The number of rotatable bonds is 6. The zero-order valence-electron chi connectivity index (χ0n) is 11.4. The number of Topliss-reactive ketones (excluding diaryl/α,β-unsaturated/α-hetero) is 1. The van der Waals surface area contributed by atoms with Crippen LogP contribution >= 0.6 is 11.8 Å². The Balaban J connectivity index is 1.91. The van der Waals surface area contributed by atoms with Gasteiger partial charge in [0, 0.05) is 10.6 Å².